The van der Waals surface area contributed by atoms with Crippen LogP contribution in [0.2, 0.25) is 0 Å². The number of nitrogens with zero attached hydrogens (tertiary/aromatic N) is 2. The lowest BCUT2D eigenvalue weighted by molar-refractivity contribution is -0.136. The van der Waals surface area contributed by atoms with Gasteiger partial charge in [-0.05, 0) is 19.9 Å². The van der Waals surface area contributed by atoms with Crippen molar-refractivity contribution in [2.75, 3.05) is 26.2 Å². The number of hydrogen-bond acceptors (Lipinski definition) is 4. The Morgan fingerprint density at radius 1 is 1.71 bits per heavy atom. The van der Waals surface area contributed by atoms with Gasteiger partial charge in [0.15, 0.2) is 0 Å². The Morgan fingerprint density at radius 2 is 2.47 bits per heavy atom. The summed E-state index contributed by atoms with van der Waals surface area (Å²) in [5, 5.41) is 14.0. The number of hydrogen-bond donors (Lipinski definition) is 2. The molecule has 0 aliphatic carbocycles. The average Bonchev–Trinajstić information content (AvgIpc) is 2.45. The van der Waals surface area contributed by atoms with Crippen molar-refractivity contribution in [1.29, 1.82) is 5.26 Å². The summed E-state index contributed by atoms with van der Waals surface area (Å²) in [6.45, 7) is 3.61. The Hall–Kier alpha value is -1.61. The maximum atomic E-state index is 11.8. The Morgan fingerprint density at radius 3 is 3.18 bits per heavy atom. The van der Waals surface area contributed by atoms with Gasteiger partial charge in [0, 0.05) is 13.1 Å². The molecule has 0 radical (unpaired) electrons. The Kier molecular flexibility index (Phi) is 5.43. The summed E-state index contributed by atoms with van der Waals surface area (Å²) >= 11 is 0. The van der Waals surface area contributed by atoms with Gasteiger partial charge in [-0.3, -0.25) is 9.59 Å². The molecule has 1 rings (SSSR count). The van der Waals surface area contributed by atoms with Gasteiger partial charge in [0.2, 0.25) is 11.8 Å². The average molecular weight is 238 g/mol. The van der Waals surface area contributed by atoms with E-state index in [0.29, 0.717) is 13.1 Å². The summed E-state index contributed by atoms with van der Waals surface area (Å²) in [5.74, 6) is -0.249. The van der Waals surface area contributed by atoms with Crippen molar-refractivity contribution >= 4 is 11.8 Å². The van der Waals surface area contributed by atoms with Crippen molar-refractivity contribution in [3.05, 3.63) is 0 Å². The van der Waals surface area contributed by atoms with Crippen LogP contribution in [0.3, 0.4) is 0 Å². The minimum atomic E-state index is -0.232. The summed E-state index contributed by atoms with van der Waals surface area (Å²) in [5.41, 5.74) is 0. The second-order valence-electron chi connectivity index (χ2n) is 4.05. The number of carbonyl (C=O) groups is 2. The van der Waals surface area contributed by atoms with E-state index in [1.807, 2.05) is 6.07 Å². The fourth-order valence-corrected chi connectivity index (χ4v) is 1.70. The van der Waals surface area contributed by atoms with Crippen LogP contribution in [0, 0.1) is 11.3 Å². The van der Waals surface area contributed by atoms with E-state index in [0.717, 1.165) is 13.0 Å². The van der Waals surface area contributed by atoms with Crippen LogP contribution in [0.25, 0.3) is 0 Å². The number of nitriles is 1. The number of carbonyl (C=O) groups excluding carboxylic acids is 2. The van der Waals surface area contributed by atoms with Crippen LogP contribution in [0.1, 0.15) is 19.8 Å². The highest BCUT2D eigenvalue weighted by Crippen LogP contribution is 2.01. The molecule has 1 heterocycles. The van der Waals surface area contributed by atoms with Crippen LogP contribution in [0.15, 0.2) is 0 Å². The number of amides is 2. The van der Waals surface area contributed by atoms with Crippen molar-refractivity contribution in [2.24, 2.45) is 0 Å². The van der Waals surface area contributed by atoms with Gasteiger partial charge >= 0.3 is 0 Å². The molecule has 17 heavy (non-hydrogen) atoms. The molecule has 6 heteroatoms. The summed E-state index contributed by atoms with van der Waals surface area (Å²) in [6.07, 6.45) is 1.14. The first-order chi connectivity index (χ1) is 8.15. The van der Waals surface area contributed by atoms with Gasteiger partial charge in [0.1, 0.15) is 0 Å². The highest BCUT2D eigenvalue weighted by molar-refractivity contribution is 5.87. The molecule has 1 atom stereocenters. The topological polar surface area (TPSA) is 85.2 Å². The highest BCUT2D eigenvalue weighted by Gasteiger charge is 2.24. The monoisotopic (exact) mass is 238 g/mol. The van der Waals surface area contributed by atoms with E-state index in [2.05, 4.69) is 10.6 Å². The minimum Gasteiger partial charge on any atom is -0.354 e. The fraction of sp³-hybridized carbons (Fsp3) is 0.727. The molecular formula is C11H18N4O2. The normalized spacial score (nSPS) is 20.6. The van der Waals surface area contributed by atoms with Gasteiger partial charge in [0.25, 0.3) is 0 Å². The van der Waals surface area contributed by atoms with Crippen molar-refractivity contribution < 1.29 is 9.59 Å². The summed E-state index contributed by atoms with van der Waals surface area (Å²) in [4.78, 5) is 24.9. The molecule has 6 nitrogen and oxygen atoms in total. The summed E-state index contributed by atoms with van der Waals surface area (Å²) in [7, 11) is 0. The molecule has 1 saturated heterocycles. The van der Waals surface area contributed by atoms with E-state index in [1.54, 1.807) is 11.8 Å². The van der Waals surface area contributed by atoms with Crippen LogP contribution < -0.4 is 10.6 Å². The lowest BCUT2D eigenvalue weighted by Gasteiger charge is -2.21. The smallest absolute Gasteiger partial charge is 0.239 e. The molecule has 2 amide bonds. The fourth-order valence-electron chi connectivity index (χ4n) is 1.70. The van der Waals surface area contributed by atoms with Gasteiger partial charge in [-0.15, -0.1) is 0 Å². The molecule has 0 bridgehead atoms. The molecular weight excluding hydrogens is 220 g/mol. The second-order valence-corrected chi connectivity index (χ2v) is 4.05. The Balaban J connectivity index is 2.40. The molecule has 0 aromatic heterocycles. The van der Waals surface area contributed by atoms with Gasteiger partial charge in [0.05, 0.1) is 25.1 Å². The molecule has 1 aliphatic rings. The standard InChI is InChI=1S/C11H18N4O2/c1-9-11(17)15(7-3-6-13-9)8-10(16)14-5-2-4-12/h9,13H,2-3,5-8H2,1H3,(H,14,16). The number of rotatable bonds is 4. The molecule has 0 aromatic rings. The molecule has 0 spiro atoms. The molecule has 1 unspecified atom stereocenters. The molecule has 2 N–H and O–H groups in total. The molecule has 0 aromatic carbocycles. The van der Waals surface area contributed by atoms with Crippen molar-refractivity contribution in [1.82, 2.24) is 15.5 Å². The SMILES string of the molecule is CC1NCCCN(CC(=O)NCCC#N)C1=O. The van der Waals surface area contributed by atoms with Crippen molar-refractivity contribution in [2.45, 2.75) is 25.8 Å². The van der Waals surface area contributed by atoms with E-state index in [4.69, 9.17) is 5.26 Å². The third-order valence-electron chi connectivity index (χ3n) is 2.63. The zero-order valence-corrected chi connectivity index (χ0v) is 10.0. The molecule has 0 saturated carbocycles. The van der Waals surface area contributed by atoms with Crippen LogP contribution in [-0.2, 0) is 9.59 Å². The van der Waals surface area contributed by atoms with E-state index in [9.17, 15) is 9.59 Å². The first-order valence-corrected chi connectivity index (χ1v) is 5.81. The Labute approximate surface area is 101 Å². The Bertz CT molecular complexity index is 324. The predicted molar refractivity (Wildman–Crippen MR) is 61.9 cm³/mol. The van der Waals surface area contributed by atoms with E-state index in [1.165, 1.54) is 0 Å². The summed E-state index contributed by atoms with van der Waals surface area (Å²) < 4.78 is 0. The first kappa shape index (κ1) is 13.5. The first-order valence-electron chi connectivity index (χ1n) is 5.81. The molecule has 94 valence electrons. The van der Waals surface area contributed by atoms with E-state index >= 15 is 0 Å². The molecule has 1 aliphatic heterocycles. The number of nitrogens with one attached hydrogen (secondary N) is 2. The van der Waals surface area contributed by atoms with Gasteiger partial charge < -0.3 is 15.5 Å². The lowest BCUT2D eigenvalue weighted by Crippen LogP contribution is -2.46. The third-order valence-corrected chi connectivity index (χ3v) is 2.63. The zero-order chi connectivity index (χ0) is 12.7. The van der Waals surface area contributed by atoms with Gasteiger partial charge in [-0.1, -0.05) is 0 Å². The van der Waals surface area contributed by atoms with Crippen LogP contribution in [-0.4, -0.2) is 48.9 Å². The summed E-state index contributed by atoms with van der Waals surface area (Å²) in [6, 6.07) is 1.72. The second kappa shape index (κ2) is 6.86. The van der Waals surface area contributed by atoms with Crippen molar-refractivity contribution in [3.63, 3.8) is 0 Å². The maximum Gasteiger partial charge on any atom is 0.239 e. The lowest BCUT2D eigenvalue weighted by atomic mass is 10.3. The van der Waals surface area contributed by atoms with Gasteiger partial charge in [-0.2, -0.15) is 5.26 Å². The van der Waals surface area contributed by atoms with E-state index in [-0.39, 0.29) is 30.8 Å². The third kappa shape index (κ3) is 4.41. The van der Waals surface area contributed by atoms with Crippen LogP contribution in [0.5, 0.6) is 0 Å². The predicted octanol–water partition coefficient (Wildman–Crippen LogP) is -0.773. The zero-order valence-electron chi connectivity index (χ0n) is 10.0. The maximum absolute atomic E-state index is 11.8. The largest absolute Gasteiger partial charge is 0.354 e. The van der Waals surface area contributed by atoms with Gasteiger partial charge in [-0.25, -0.2) is 0 Å². The molecule has 1 fully saturated rings. The van der Waals surface area contributed by atoms with Crippen molar-refractivity contribution in [3.8, 4) is 6.07 Å². The highest BCUT2D eigenvalue weighted by atomic mass is 16.2. The van der Waals surface area contributed by atoms with Crippen LogP contribution in [0.4, 0.5) is 0 Å². The van der Waals surface area contributed by atoms with E-state index < -0.39 is 0 Å². The van der Waals surface area contributed by atoms with Crippen LogP contribution >= 0.6 is 0 Å². The minimum absolute atomic E-state index is 0.0436. The quantitative estimate of drug-likeness (QED) is 0.630.